The van der Waals surface area contributed by atoms with E-state index < -0.39 is 0 Å². The average molecular weight is 338 g/mol. The molecule has 2 aromatic carbocycles. The maximum absolute atomic E-state index is 12.6. The fourth-order valence-corrected chi connectivity index (χ4v) is 3.04. The van der Waals surface area contributed by atoms with Gasteiger partial charge >= 0.3 is 0 Å². The molecule has 0 saturated heterocycles. The highest BCUT2D eigenvalue weighted by molar-refractivity contribution is 7.13. The minimum absolute atomic E-state index is 0.0585. The van der Waals surface area contributed by atoms with E-state index in [1.54, 1.807) is 55.6 Å². The van der Waals surface area contributed by atoms with Gasteiger partial charge in [-0.2, -0.15) is 0 Å². The van der Waals surface area contributed by atoms with Crippen molar-refractivity contribution in [1.82, 2.24) is 4.98 Å². The Balaban J connectivity index is 1.96. The van der Waals surface area contributed by atoms with Crippen LogP contribution >= 0.6 is 11.3 Å². The number of amides is 1. The first-order valence-corrected chi connectivity index (χ1v) is 7.91. The zero-order valence-electron chi connectivity index (χ0n) is 12.8. The molecule has 0 aliphatic rings. The van der Waals surface area contributed by atoms with Gasteiger partial charge in [0.05, 0.1) is 10.9 Å². The third kappa shape index (κ3) is 2.89. The molecule has 0 spiro atoms. The lowest BCUT2D eigenvalue weighted by atomic mass is 10.1. The largest absolute Gasteiger partial charge is 0.384 e. The molecule has 0 unspecified atom stereocenters. The summed E-state index contributed by atoms with van der Waals surface area (Å²) in [6, 6.07) is 13.5. The normalized spacial score (nSPS) is 10.5. The first-order chi connectivity index (χ1) is 11.5. The molecule has 120 valence electrons. The summed E-state index contributed by atoms with van der Waals surface area (Å²) in [5.41, 5.74) is 6.94. The number of carbonyl (C=O) groups excluding carboxylic acids is 1. The molecule has 0 aliphatic heterocycles. The van der Waals surface area contributed by atoms with E-state index in [2.05, 4.69) is 4.98 Å². The quantitative estimate of drug-likeness (QED) is 0.565. The van der Waals surface area contributed by atoms with Crippen molar-refractivity contribution >= 4 is 39.1 Å². The Kier molecular flexibility index (Phi) is 4.09. The zero-order chi connectivity index (χ0) is 17.3. The van der Waals surface area contributed by atoms with Crippen LogP contribution < -0.4 is 15.4 Å². The predicted molar refractivity (Wildman–Crippen MR) is 96.1 cm³/mol. The van der Waals surface area contributed by atoms with Crippen LogP contribution in [-0.2, 0) is 0 Å². The van der Waals surface area contributed by atoms with E-state index in [-0.39, 0.29) is 16.5 Å². The number of para-hydroxylation sites is 1. The number of nitrogens with two attached hydrogens (primary N) is 1. The van der Waals surface area contributed by atoms with Gasteiger partial charge in [-0.1, -0.05) is 35.6 Å². The summed E-state index contributed by atoms with van der Waals surface area (Å²) >= 11 is 0.930. The van der Waals surface area contributed by atoms with Crippen molar-refractivity contribution < 1.29 is 4.79 Å². The number of benzene rings is 2. The summed E-state index contributed by atoms with van der Waals surface area (Å²) in [4.78, 5) is 30.5. The summed E-state index contributed by atoms with van der Waals surface area (Å²) in [5, 5.41) is 8.24. The van der Waals surface area contributed by atoms with Crippen LogP contribution in [0.25, 0.3) is 10.9 Å². The van der Waals surface area contributed by atoms with Gasteiger partial charge in [0.2, 0.25) is 4.74 Å². The highest BCUT2D eigenvalue weighted by atomic mass is 32.1. The van der Waals surface area contributed by atoms with Crippen LogP contribution in [0.1, 0.15) is 15.9 Å². The molecule has 24 heavy (non-hydrogen) atoms. The molecule has 0 fully saturated rings. The Hall–Kier alpha value is -3.06. The summed E-state index contributed by atoms with van der Waals surface area (Å²) in [6.45, 7) is 0. The summed E-state index contributed by atoms with van der Waals surface area (Å²) in [5.74, 6) is -0.347. The number of nitrogens with zero attached hydrogens (tertiary/aromatic N) is 2. The van der Waals surface area contributed by atoms with Crippen molar-refractivity contribution in [2.24, 2.45) is 5.73 Å². The van der Waals surface area contributed by atoms with Gasteiger partial charge < -0.3 is 5.73 Å². The number of fused-ring (bicyclic) bond motifs is 1. The van der Waals surface area contributed by atoms with Crippen LogP contribution in [0.5, 0.6) is 0 Å². The standard InChI is InChI=1S/C17H14N4O2S/c1-21(15(22)11-8-6-10(7-9-11)14(18)19)17-20-13-5-3-2-4-12(13)16(23)24-17/h2-9H,1H3,(H3,18,19). The molecule has 3 N–H and O–H groups in total. The molecule has 3 rings (SSSR count). The molecule has 0 aliphatic carbocycles. The first-order valence-electron chi connectivity index (χ1n) is 7.10. The van der Waals surface area contributed by atoms with Crippen LogP contribution in [0.3, 0.4) is 0 Å². The molecule has 1 heterocycles. The summed E-state index contributed by atoms with van der Waals surface area (Å²) < 4.78 is -0.137. The Morgan fingerprint density at radius 3 is 2.42 bits per heavy atom. The molecular formula is C17H14N4O2S. The number of rotatable bonds is 3. The third-order valence-corrected chi connectivity index (χ3v) is 4.51. The average Bonchev–Trinajstić information content (AvgIpc) is 2.60. The van der Waals surface area contributed by atoms with Crippen LogP contribution in [0, 0.1) is 5.41 Å². The smallest absolute Gasteiger partial charge is 0.259 e. The number of nitrogens with one attached hydrogen (secondary N) is 1. The third-order valence-electron chi connectivity index (χ3n) is 3.56. The fraction of sp³-hybridized carbons (Fsp3) is 0.0588. The maximum atomic E-state index is 12.6. The van der Waals surface area contributed by atoms with Crippen molar-refractivity contribution in [1.29, 1.82) is 5.41 Å². The number of anilines is 1. The van der Waals surface area contributed by atoms with E-state index in [0.717, 1.165) is 11.3 Å². The second kappa shape index (κ2) is 6.21. The van der Waals surface area contributed by atoms with Gasteiger partial charge in [-0.05, 0) is 24.3 Å². The highest BCUT2D eigenvalue weighted by Crippen LogP contribution is 2.19. The Morgan fingerprint density at radius 2 is 1.75 bits per heavy atom. The SMILES string of the molecule is CN(C(=O)c1ccc(C(=N)N)cc1)c1nc2ccccc2c(=O)s1. The fourth-order valence-electron chi connectivity index (χ4n) is 2.22. The number of nitrogen functional groups attached to an aromatic ring is 1. The number of hydrogen-bond acceptors (Lipinski definition) is 5. The van der Waals surface area contributed by atoms with E-state index >= 15 is 0 Å². The lowest BCUT2D eigenvalue weighted by Gasteiger charge is -2.15. The van der Waals surface area contributed by atoms with Gasteiger partial charge in [0.1, 0.15) is 5.84 Å². The molecule has 0 saturated carbocycles. The van der Waals surface area contributed by atoms with E-state index in [1.165, 1.54) is 4.90 Å². The second-order valence-electron chi connectivity index (χ2n) is 5.16. The van der Waals surface area contributed by atoms with E-state index in [9.17, 15) is 9.59 Å². The topological polar surface area (TPSA) is 100 Å². The predicted octanol–water partition coefficient (Wildman–Crippen LogP) is 2.22. The van der Waals surface area contributed by atoms with Crippen LogP contribution in [0.15, 0.2) is 53.3 Å². The van der Waals surface area contributed by atoms with Crippen LogP contribution in [0.4, 0.5) is 5.13 Å². The van der Waals surface area contributed by atoms with Gasteiger partial charge in [-0.15, -0.1) is 0 Å². The van der Waals surface area contributed by atoms with Crippen molar-refractivity contribution in [3.05, 3.63) is 69.2 Å². The van der Waals surface area contributed by atoms with Gasteiger partial charge in [-0.25, -0.2) is 4.98 Å². The number of carbonyl (C=O) groups is 1. The van der Waals surface area contributed by atoms with Gasteiger partial charge in [0.15, 0.2) is 5.13 Å². The van der Waals surface area contributed by atoms with Crippen molar-refractivity contribution in [3.8, 4) is 0 Å². The first kappa shape index (κ1) is 15.8. The maximum Gasteiger partial charge on any atom is 0.259 e. The molecule has 0 radical (unpaired) electrons. The lowest BCUT2D eigenvalue weighted by Crippen LogP contribution is -2.27. The Labute approximate surface area is 141 Å². The summed E-state index contributed by atoms with van der Waals surface area (Å²) in [7, 11) is 1.58. The van der Waals surface area contributed by atoms with E-state index in [1.807, 2.05) is 0 Å². The Morgan fingerprint density at radius 1 is 1.12 bits per heavy atom. The molecule has 0 atom stereocenters. The number of hydrogen-bond donors (Lipinski definition) is 2. The van der Waals surface area contributed by atoms with Crippen molar-refractivity contribution in [3.63, 3.8) is 0 Å². The molecule has 6 nitrogen and oxygen atoms in total. The zero-order valence-corrected chi connectivity index (χ0v) is 13.6. The van der Waals surface area contributed by atoms with E-state index in [4.69, 9.17) is 11.1 Å². The van der Waals surface area contributed by atoms with E-state index in [0.29, 0.717) is 27.2 Å². The Bertz CT molecular complexity index is 995. The van der Waals surface area contributed by atoms with Crippen LogP contribution in [-0.4, -0.2) is 23.8 Å². The molecule has 7 heteroatoms. The number of aromatic nitrogens is 1. The van der Waals surface area contributed by atoms with Crippen molar-refractivity contribution in [2.45, 2.75) is 0 Å². The van der Waals surface area contributed by atoms with Gasteiger partial charge in [-0.3, -0.25) is 19.9 Å². The highest BCUT2D eigenvalue weighted by Gasteiger charge is 2.17. The molecule has 3 aromatic rings. The summed E-state index contributed by atoms with van der Waals surface area (Å²) in [6.07, 6.45) is 0. The molecule has 1 aromatic heterocycles. The van der Waals surface area contributed by atoms with Gasteiger partial charge in [0.25, 0.3) is 5.91 Å². The molecular weight excluding hydrogens is 324 g/mol. The van der Waals surface area contributed by atoms with Gasteiger partial charge in [0, 0.05) is 18.2 Å². The number of amidine groups is 1. The minimum atomic E-state index is -0.288. The molecule has 0 bridgehead atoms. The monoisotopic (exact) mass is 338 g/mol. The van der Waals surface area contributed by atoms with Crippen LogP contribution in [0.2, 0.25) is 0 Å². The molecule has 1 amide bonds. The second-order valence-corrected chi connectivity index (χ2v) is 6.10. The lowest BCUT2D eigenvalue weighted by molar-refractivity contribution is 0.0993. The van der Waals surface area contributed by atoms with Crippen molar-refractivity contribution in [2.75, 3.05) is 11.9 Å². The minimum Gasteiger partial charge on any atom is -0.384 e.